The minimum atomic E-state index is -0.216. The SMILES string of the molecule is COc1cc(OC)cc(N2CC[C@H](NCc3occc3C)C2=O)c1. The Hall–Kier alpha value is -2.47. The van der Waals surface area contributed by atoms with E-state index in [4.69, 9.17) is 13.9 Å². The van der Waals surface area contributed by atoms with Gasteiger partial charge >= 0.3 is 0 Å². The molecule has 128 valence electrons. The van der Waals surface area contributed by atoms with Gasteiger partial charge in [-0.05, 0) is 25.0 Å². The number of anilines is 1. The second kappa shape index (κ2) is 6.97. The minimum absolute atomic E-state index is 0.0505. The molecular formula is C18H22N2O4. The monoisotopic (exact) mass is 330 g/mol. The Labute approximate surface area is 141 Å². The number of rotatable bonds is 6. The van der Waals surface area contributed by atoms with Crippen molar-refractivity contribution in [1.29, 1.82) is 0 Å². The van der Waals surface area contributed by atoms with Gasteiger partial charge in [-0.2, -0.15) is 0 Å². The number of methoxy groups -OCH3 is 2. The molecule has 3 rings (SSSR count). The summed E-state index contributed by atoms with van der Waals surface area (Å²) in [6, 6.07) is 7.19. The van der Waals surface area contributed by atoms with Crippen molar-refractivity contribution in [1.82, 2.24) is 5.32 Å². The number of nitrogens with one attached hydrogen (secondary N) is 1. The first-order valence-corrected chi connectivity index (χ1v) is 7.93. The Morgan fingerprint density at radius 1 is 1.25 bits per heavy atom. The average Bonchev–Trinajstić information content (AvgIpc) is 3.18. The topological polar surface area (TPSA) is 63.9 Å². The lowest BCUT2D eigenvalue weighted by molar-refractivity contribution is -0.118. The number of benzene rings is 1. The van der Waals surface area contributed by atoms with Gasteiger partial charge in [-0.3, -0.25) is 10.1 Å². The highest BCUT2D eigenvalue weighted by Gasteiger charge is 2.32. The molecule has 1 saturated heterocycles. The first-order chi connectivity index (χ1) is 11.6. The Morgan fingerprint density at radius 3 is 2.54 bits per heavy atom. The van der Waals surface area contributed by atoms with Gasteiger partial charge in [-0.1, -0.05) is 0 Å². The maximum absolute atomic E-state index is 12.7. The Balaban J connectivity index is 1.70. The van der Waals surface area contributed by atoms with E-state index >= 15 is 0 Å². The van der Waals surface area contributed by atoms with Crippen LogP contribution in [0.2, 0.25) is 0 Å². The average molecular weight is 330 g/mol. The second-order valence-electron chi connectivity index (χ2n) is 5.81. The van der Waals surface area contributed by atoms with E-state index < -0.39 is 0 Å². The van der Waals surface area contributed by atoms with E-state index in [1.165, 1.54) is 0 Å². The minimum Gasteiger partial charge on any atom is -0.497 e. The van der Waals surface area contributed by atoms with Crippen molar-refractivity contribution >= 4 is 11.6 Å². The highest BCUT2D eigenvalue weighted by Crippen LogP contribution is 2.31. The number of amides is 1. The molecule has 0 aliphatic carbocycles. The van der Waals surface area contributed by atoms with Gasteiger partial charge in [0.1, 0.15) is 17.3 Å². The van der Waals surface area contributed by atoms with Crippen molar-refractivity contribution in [3.63, 3.8) is 0 Å². The van der Waals surface area contributed by atoms with Crippen LogP contribution in [0.25, 0.3) is 0 Å². The molecule has 1 amide bonds. The van der Waals surface area contributed by atoms with E-state index in [9.17, 15) is 4.79 Å². The van der Waals surface area contributed by atoms with Gasteiger partial charge in [0.25, 0.3) is 0 Å². The number of ether oxygens (including phenoxy) is 2. The van der Waals surface area contributed by atoms with E-state index in [0.29, 0.717) is 24.6 Å². The number of hydrogen-bond donors (Lipinski definition) is 1. The lowest BCUT2D eigenvalue weighted by atomic mass is 10.2. The summed E-state index contributed by atoms with van der Waals surface area (Å²) in [5.41, 5.74) is 1.87. The molecule has 1 aliphatic heterocycles. The lowest BCUT2D eigenvalue weighted by Crippen LogP contribution is -2.38. The summed E-state index contributed by atoms with van der Waals surface area (Å²) in [5.74, 6) is 2.25. The second-order valence-corrected chi connectivity index (χ2v) is 5.81. The zero-order chi connectivity index (χ0) is 17.1. The van der Waals surface area contributed by atoms with Gasteiger partial charge < -0.3 is 18.8 Å². The molecule has 1 fully saturated rings. The number of furan rings is 1. The van der Waals surface area contributed by atoms with E-state index in [2.05, 4.69) is 5.32 Å². The molecule has 1 aliphatic rings. The van der Waals surface area contributed by atoms with Crippen molar-refractivity contribution in [3.8, 4) is 11.5 Å². The molecule has 0 spiro atoms. The third kappa shape index (κ3) is 3.23. The van der Waals surface area contributed by atoms with Crippen LogP contribution in [0.3, 0.4) is 0 Å². The maximum atomic E-state index is 12.7. The van der Waals surface area contributed by atoms with Gasteiger partial charge in [0.2, 0.25) is 5.91 Å². The van der Waals surface area contributed by atoms with Crippen molar-refractivity contribution in [2.45, 2.75) is 25.9 Å². The van der Waals surface area contributed by atoms with Crippen LogP contribution in [0.4, 0.5) is 5.69 Å². The first kappa shape index (κ1) is 16.4. The zero-order valence-corrected chi connectivity index (χ0v) is 14.2. The molecule has 1 aromatic heterocycles. The number of carbonyl (C=O) groups is 1. The van der Waals surface area contributed by atoms with Crippen LogP contribution < -0.4 is 19.7 Å². The predicted molar refractivity (Wildman–Crippen MR) is 90.6 cm³/mol. The number of carbonyl (C=O) groups excluding carboxylic acids is 1. The molecular weight excluding hydrogens is 308 g/mol. The standard InChI is InChI=1S/C18H22N2O4/c1-12-5-7-24-17(12)11-19-16-4-6-20(18(16)21)13-8-14(22-2)10-15(9-13)23-3/h5,7-10,16,19H,4,6,11H2,1-3H3/t16-/m0/s1. The molecule has 0 saturated carbocycles. The van der Waals surface area contributed by atoms with Gasteiger partial charge in [0.05, 0.1) is 38.8 Å². The van der Waals surface area contributed by atoms with Crippen molar-refractivity contribution < 1.29 is 18.7 Å². The summed E-state index contributed by atoms with van der Waals surface area (Å²) >= 11 is 0. The highest BCUT2D eigenvalue weighted by molar-refractivity contribution is 5.99. The number of hydrogen-bond acceptors (Lipinski definition) is 5. The maximum Gasteiger partial charge on any atom is 0.244 e. The van der Waals surface area contributed by atoms with Gasteiger partial charge in [0.15, 0.2) is 0 Å². The van der Waals surface area contributed by atoms with Crippen LogP contribution in [0.5, 0.6) is 11.5 Å². The van der Waals surface area contributed by atoms with E-state index in [-0.39, 0.29) is 11.9 Å². The van der Waals surface area contributed by atoms with Gasteiger partial charge in [0, 0.05) is 24.7 Å². The quantitative estimate of drug-likeness (QED) is 0.882. The molecule has 0 unspecified atom stereocenters. The molecule has 0 radical (unpaired) electrons. The molecule has 2 aromatic rings. The van der Waals surface area contributed by atoms with Crippen LogP contribution in [0.1, 0.15) is 17.7 Å². The Bertz CT molecular complexity index is 703. The largest absolute Gasteiger partial charge is 0.497 e. The summed E-state index contributed by atoms with van der Waals surface area (Å²) in [6.07, 6.45) is 2.41. The summed E-state index contributed by atoms with van der Waals surface area (Å²) in [6.45, 7) is 3.19. The van der Waals surface area contributed by atoms with Crippen LogP contribution >= 0.6 is 0 Å². The van der Waals surface area contributed by atoms with E-state index in [1.807, 2.05) is 25.1 Å². The van der Waals surface area contributed by atoms with Crippen LogP contribution in [-0.4, -0.2) is 32.7 Å². The van der Waals surface area contributed by atoms with Crippen LogP contribution in [0, 0.1) is 6.92 Å². The highest BCUT2D eigenvalue weighted by atomic mass is 16.5. The number of nitrogens with zero attached hydrogens (tertiary/aromatic N) is 1. The third-order valence-electron chi connectivity index (χ3n) is 4.33. The molecule has 1 N–H and O–H groups in total. The normalized spacial score (nSPS) is 17.4. The fourth-order valence-electron chi connectivity index (χ4n) is 2.88. The first-order valence-electron chi connectivity index (χ1n) is 7.93. The summed E-state index contributed by atoms with van der Waals surface area (Å²) in [5, 5.41) is 3.28. The van der Waals surface area contributed by atoms with Crippen LogP contribution in [-0.2, 0) is 11.3 Å². The lowest BCUT2D eigenvalue weighted by Gasteiger charge is -2.19. The number of aryl methyl sites for hydroxylation is 1. The van der Waals surface area contributed by atoms with Gasteiger partial charge in [-0.25, -0.2) is 0 Å². The summed E-state index contributed by atoms with van der Waals surface area (Å²) < 4.78 is 16.0. The summed E-state index contributed by atoms with van der Waals surface area (Å²) in [7, 11) is 3.20. The van der Waals surface area contributed by atoms with Crippen molar-refractivity contribution in [2.24, 2.45) is 0 Å². The molecule has 6 nitrogen and oxygen atoms in total. The predicted octanol–water partition coefficient (Wildman–Crippen LogP) is 2.50. The van der Waals surface area contributed by atoms with Crippen molar-refractivity contribution in [3.05, 3.63) is 41.9 Å². The zero-order valence-electron chi connectivity index (χ0n) is 14.2. The smallest absolute Gasteiger partial charge is 0.244 e. The van der Waals surface area contributed by atoms with E-state index in [1.54, 1.807) is 31.4 Å². The molecule has 0 bridgehead atoms. The third-order valence-corrected chi connectivity index (χ3v) is 4.33. The van der Waals surface area contributed by atoms with E-state index in [0.717, 1.165) is 23.4 Å². The molecule has 24 heavy (non-hydrogen) atoms. The van der Waals surface area contributed by atoms with Crippen molar-refractivity contribution in [2.75, 3.05) is 25.7 Å². The molecule has 6 heteroatoms. The Morgan fingerprint density at radius 2 is 1.96 bits per heavy atom. The Kier molecular flexibility index (Phi) is 4.76. The van der Waals surface area contributed by atoms with Gasteiger partial charge in [-0.15, -0.1) is 0 Å². The molecule has 1 atom stereocenters. The molecule has 1 aromatic carbocycles. The fraction of sp³-hybridized carbons (Fsp3) is 0.389. The van der Waals surface area contributed by atoms with Crippen LogP contribution in [0.15, 0.2) is 34.9 Å². The summed E-state index contributed by atoms with van der Waals surface area (Å²) in [4.78, 5) is 14.5. The fourth-order valence-corrected chi connectivity index (χ4v) is 2.88. The molecule has 2 heterocycles.